The van der Waals surface area contributed by atoms with Gasteiger partial charge in [0.05, 0.1) is 25.3 Å². The number of carbonyl (C=O) groups excluding carboxylic acids is 1. The molecule has 2 aromatic carbocycles. The fourth-order valence-corrected chi connectivity index (χ4v) is 3.97. The first-order chi connectivity index (χ1) is 15.8. The Kier molecular flexibility index (Phi) is 6.70. The molecule has 0 aliphatic carbocycles. The summed E-state index contributed by atoms with van der Waals surface area (Å²) >= 11 is 0. The van der Waals surface area contributed by atoms with Gasteiger partial charge in [-0.05, 0) is 48.2 Å². The van der Waals surface area contributed by atoms with E-state index in [-0.39, 0.29) is 11.7 Å². The van der Waals surface area contributed by atoms with Crippen LogP contribution >= 0.6 is 0 Å². The van der Waals surface area contributed by atoms with E-state index in [0.717, 1.165) is 5.56 Å². The van der Waals surface area contributed by atoms with E-state index in [4.69, 9.17) is 9.72 Å². The largest absolute Gasteiger partial charge is 0.368 e. The Labute approximate surface area is 194 Å². The number of rotatable bonds is 5. The lowest BCUT2D eigenvalue weighted by Crippen LogP contribution is -2.43. The number of benzene rings is 2. The molecular formula is C26H29FN4O2. The minimum atomic E-state index is -0.428. The Morgan fingerprint density at radius 1 is 1.18 bits per heavy atom. The van der Waals surface area contributed by atoms with Gasteiger partial charge in [-0.15, -0.1) is 0 Å². The lowest BCUT2D eigenvalue weighted by atomic mass is 10.0. The van der Waals surface area contributed by atoms with E-state index in [0.29, 0.717) is 48.9 Å². The van der Waals surface area contributed by atoms with Crippen molar-refractivity contribution < 1.29 is 13.9 Å². The highest BCUT2D eigenvalue weighted by atomic mass is 19.1. The Morgan fingerprint density at radius 2 is 2.00 bits per heavy atom. The van der Waals surface area contributed by atoms with Crippen LogP contribution in [0.2, 0.25) is 0 Å². The average molecular weight is 449 g/mol. The van der Waals surface area contributed by atoms with Crippen molar-refractivity contribution in [1.82, 2.24) is 14.9 Å². The van der Waals surface area contributed by atoms with Crippen LogP contribution < -0.4 is 4.90 Å². The zero-order valence-corrected chi connectivity index (χ0v) is 19.5. The summed E-state index contributed by atoms with van der Waals surface area (Å²) in [5.74, 6) is 0.262. The molecule has 1 unspecified atom stereocenters. The van der Waals surface area contributed by atoms with Gasteiger partial charge >= 0.3 is 0 Å². The van der Waals surface area contributed by atoms with E-state index in [2.05, 4.69) is 31.0 Å². The summed E-state index contributed by atoms with van der Waals surface area (Å²) in [6, 6.07) is 12.5. The summed E-state index contributed by atoms with van der Waals surface area (Å²) in [6.07, 6.45) is 1.62. The molecule has 0 saturated carbocycles. The van der Waals surface area contributed by atoms with Crippen molar-refractivity contribution in [3.8, 4) is 11.1 Å². The maximum absolute atomic E-state index is 13.9. The lowest BCUT2D eigenvalue weighted by molar-refractivity contribution is -0.138. The number of carbonyl (C=O) groups is 1. The number of amides is 1. The molecule has 0 bridgehead atoms. The quantitative estimate of drug-likeness (QED) is 0.588. The molecule has 33 heavy (non-hydrogen) atoms. The summed E-state index contributed by atoms with van der Waals surface area (Å²) in [7, 11) is 3.73. The lowest BCUT2D eigenvalue weighted by Gasteiger charge is -2.33. The van der Waals surface area contributed by atoms with Crippen LogP contribution in [0.15, 0.2) is 48.7 Å². The molecule has 172 valence electrons. The third-order valence-electron chi connectivity index (χ3n) is 5.99. The van der Waals surface area contributed by atoms with E-state index in [1.165, 1.54) is 23.3 Å². The van der Waals surface area contributed by atoms with Crippen LogP contribution in [0.1, 0.15) is 28.5 Å². The third kappa shape index (κ3) is 5.20. The van der Waals surface area contributed by atoms with Crippen molar-refractivity contribution in [2.75, 3.05) is 38.7 Å². The number of aromatic nitrogens is 2. The van der Waals surface area contributed by atoms with E-state index in [9.17, 15) is 9.18 Å². The SMILES string of the molecule is Cc1ccc(CC(=O)N2CCOC(c3nc(N(C)C)ncc3-c3cccc(F)c3)C2)cc1C. The summed E-state index contributed by atoms with van der Waals surface area (Å²) < 4.78 is 20.0. The Balaban J connectivity index is 1.60. The number of ether oxygens (including phenoxy) is 1. The van der Waals surface area contributed by atoms with Gasteiger partial charge in [0.25, 0.3) is 0 Å². The smallest absolute Gasteiger partial charge is 0.227 e. The molecule has 1 atom stereocenters. The van der Waals surface area contributed by atoms with Crippen molar-refractivity contribution in [2.45, 2.75) is 26.4 Å². The predicted octanol–water partition coefficient (Wildman–Crippen LogP) is 4.11. The van der Waals surface area contributed by atoms with Gasteiger partial charge in [-0.25, -0.2) is 14.4 Å². The molecule has 7 heteroatoms. The fourth-order valence-electron chi connectivity index (χ4n) is 3.97. The summed E-state index contributed by atoms with van der Waals surface area (Å²) in [5.41, 5.74) is 5.43. The number of halogens is 1. The minimum Gasteiger partial charge on any atom is -0.368 e. The van der Waals surface area contributed by atoms with Gasteiger partial charge in [0.2, 0.25) is 11.9 Å². The Hall–Kier alpha value is -3.32. The van der Waals surface area contributed by atoms with Gasteiger partial charge in [0.1, 0.15) is 11.9 Å². The maximum Gasteiger partial charge on any atom is 0.227 e. The molecule has 1 aliphatic heterocycles. The van der Waals surface area contributed by atoms with Gasteiger partial charge in [-0.3, -0.25) is 4.79 Å². The predicted molar refractivity (Wildman–Crippen MR) is 127 cm³/mol. The van der Waals surface area contributed by atoms with Crippen molar-refractivity contribution in [3.63, 3.8) is 0 Å². The molecule has 1 fully saturated rings. The second-order valence-electron chi connectivity index (χ2n) is 8.67. The highest BCUT2D eigenvalue weighted by Crippen LogP contribution is 2.32. The highest BCUT2D eigenvalue weighted by Gasteiger charge is 2.29. The molecule has 3 aromatic rings. The van der Waals surface area contributed by atoms with Crippen LogP contribution in [0.3, 0.4) is 0 Å². The first kappa shape index (κ1) is 22.9. The van der Waals surface area contributed by atoms with Crippen molar-refractivity contribution >= 4 is 11.9 Å². The molecular weight excluding hydrogens is 419 g/mol. The van der Waals surface area contributed by atoms with Gasteiger partial charge in [-0.2, -0.15) is 0 Å². The van der Waals surface area contributed by atoms with Gasteiger partial charge < -0.3 is 14.5 Å². The third-order valence-corrected chi connectivity index (χ3v) is 5.99. The van der Waals surface area contributed by atoms with Crippen LogP contribution in [0.4, 0.5) is 10.3 Å². The second kappa shape index (κ2) is 9.67. The molecule has 0 spiro atoms. The van der Waals surface area contributed by atoms with Crippen LogP contribution in [-0.2, 0) is 16.0 Å². The van der Waals surface area contributed by atoms with Crippen molar-refractivity contribution in [2.24, 2.45) is 0 Å². The molecule has 2 heterocycles. The number of morpholine rings is 1. The molecule has 1 aromatic heterocycles. The molecule has 6 nitrogen and oxygen atoms in total. The summed E-state index contributed by atoms with van der Waals surface area (Å²) in [5, 5.41) is 0. The number of hydrogen-bond donors (Lipinski definition) is 0. The topological polar surface area (TPSA) is 58.6 Å². The maximum atomic E-state index is 13.9. The van der Waals surface area contributed by atoms with Crippen LogP contribution in [-0.4, -0.2) is 54.6 Å². The monoisotopic (exact) mass is 448 g/mol. The standard InChI is InChI=1S/C26H29FN4O2/c1-17-8-9-19(12-18(17)2)13-24(32)31-10-11-33-23(16-31)25-22(15-28-26(29-25)30(3)4)20-6-5-7-21(27)14-20/h5-9,12,14-15,23H,10-11,13,16H2,1-4H3. The minimum absolute atomic E-state index is 0.0562. The number of nitrogens with zero attached hydrogens (tertiary/aromatic N) is 4. The molecule has 1 saturated heterocycles. The molecule has 4 rings (SSSR count). The first-order valence-corrected chi connectivity index (χ1v) is 11.1. The van der Waals surface area contributed by atoms with E-state index < -0.39 is 6.10 Å². The van der Waals surface area contributed by atoms with E-state index >= 15 is 0 Å². The molecule has 1 amide bonds. The summed E-state index contributed by atoms with van der Waals surface area (Å²) in [6.45, 7) is 5.44. The second-order valence-corrected chi connectivity index (χ2v) is 8.67. The van der Waals surface area contributed by atoms with Gasteiger partial charge in [-0.1, -0.05) is 30.3 Å². The Morgan fingerprint density at radius 3 is 2.73 bits per heavy atom. The van der Waals surface area contributed by atoms with Gasteiger partial charge in [0, 0.05) is 32.4 Å². The average Bonchev–Trinajstić information content (AvgIpc) is 2.81. The number of aryl methyl sites for hydroxylation is 2. The fraction of sp³-hybridized carbons (Fsp3) is 0.346. The van der Waals surface area contributed by atoms with E-state index in [1.54, 1.807) is 12.3 Å². The van der Waals surface area contributed by atoms with Crippen LogP contribution in [0.25, 0.3) is 11.1 Å². The zero-order chi connectivity index (χ0) is 23.5. The van der Waals surface area contributed by atoms with Crippen LogP contribution in [0.5, 0.6) is 0 Å². The molecule has 0 radical (unpaired) electrons. The number of anilines is 1. The van der Waals surface area contributed by atoms with E-state index in [1.807, 2.05) is 36.0 Å². The van der Waals surface area contributed by atoms with Gasteiger partial charge in [0.15, 0.2) is 0 Å². The normalized spacial score (nSPS) is 16.0. The highest BCUT2D eigenvalue weighted by molar-refractivity contribution is 5.79. The number of hydrogen-bond acceptors (Lipinski definition) is 5. The Bertz CT molecular complexity index is 1160. The van der Waals surface area contributed by atoms with Crippen molar-refractivity contribution in [1.29, 1.82) is 0 Å². The zero-order valence-electron chi connectivity index (χ0n) is 19.5. The summed E-state index contributed by atoms with van der Waals surface area (Å²) in [4.78, 5) is 25.9. The van der Waals surface area contributed by atoms with Crippen molar-refractivity contribution in [3.05, 3.63) is 76.9 Å². The first-order valence-electron chi connectivity index (χ1n) is 11.1. The molecule has 1 aliphatic rings. The van der Waals surface area contributed by atoms with Crippen LogP contribution in [0, 0.1) is 19.7 Å². The molecule has 0 N–H and O–H groups in total.